The lowest BCUT2D eigenvalue weighted by Gasteiger charge is -2.17. The Morgan fingerprint density at radius 3 is 2.88 bits per heavy atom. The third kappa shape index (κ3) is 1.84. The molecule has 1 amide bonds. The zero-order valence-electron chi connectivity index (χ0n) is 8.42. The summed E-state index contributed by atoms with van der Waals surface area (Å²) in [5.41, 5.74) is 0.809. The van der Waals surface area contributed by atoms with Crippen LogP contribution in [-0.4, -0.2) is 22.8 Å². The maximum absolute atomic E-state index is 11.6. The second-order valence-electron chi connectivity index (χ2n) is 3.68. The zero-order chi connectivity index (χ0) is 11.7. The number of carbonyl (C=O) groups is 1. The number of nitriles is 1. The Hall–Kier alpha value is -1.67. The number of nitrogens with zero attached hydrogens (tertiary/aromatic N) is 2. The summed E-state index contributed by atoms with van der Waals surface area (Å²) in [5.74, 6) is -0.0693. The first-order chi connectivity index (χ1) is 7.61. The average molecular weight is 234 g/mol. The van der Waals surface area contributed by atoms with Crippen LogP contribution in [0.4, 0.5) is 5.69 Å². The lowest BCUT2D eigenvalue weighted by molar-refractivity contribution is -0.117. The fourth-order valence-corrected chi connectivity index (χ4v) is 2.05. The largest absolute Gasteiger partial charge is 0.506 e. The predicted octanol–water partition coefficient (Wildman–Crippen LogP) is 1.30. The summed E-state index contributed by atoms with van der Waals surface area (Å²) >= 11 is 4.24. The Balaban J connectivity index is 2.40. The van der Waals surface area contributed by atoms with Gasteiger partial charge in [-0.05, 0) is 18.2 Å². The normalized spacial score (nSPS) is 19.9. The highest BCUT2D eigenvalue weighted by molar-refractivity contribution is 7.81. The van der Waals surface area contributed by atoms with Crippen molar-refractivity contribution in [3.63, 3.8) is 0 Å². The van der Waals surface area contributed by atoms with Gasteiger partial charge in [-0.1, -0.05) is 0 Å². The molecule has 2 rings (SSSR count). The molecule has 0 bridgehead atoms. The van der Waals surface area contributed by atoms with Gasteiger partial charge in [0.05, 0.1) is 17.3 Å². The fourth-order valence-electron chi connectivity index (χ4n) is 1.73. The van der Waals surface area contributed by atoms with E-state index in [4.69, 9.17) is 5.26 Å². The van der Waals surface area contributed by atoms with E-state index in [2.05, 4.69) is 12.6 Å². The van der Waals surface area contributed by atoms with Gasteiger partial charge >= 0.3 is 0 Å². The number of anilines is 1. The summed E-state index contributed by atoms with van der Waals surface area (Å²) in [5, 5.41) is 18.4. The molecule has 16 heavy (non-hydrogen) atoms. The van der Waals surface area contributed by atoms with Crippen molar-refractivity contribution in [2.24, 2.45) is 0 Å². The van der Waals surface area contributed by atoms with E-state index in [1.54, 1.807) is 0 Å². The summed E-state index contributed by atoms with van der Waals surface area (Å²) in [4.78, 5) is 13.1. The van der Waals surface area contributed by atoms with Gasteiger partial charge in [-0.25, -0.2) is 0 Å². The molecule has 1 heterocycles. The lowest BCUT2D eigenvalue weighted by Crippen LogP contribution is -2.24. The minimum atomic E-state index is -0.0783. The third-order valence-corrected chi connectivity index (χ3v) is 2.85. The van der Waals surface area contributed by atoms with Crippen molar-refractivity contribution in [1.82, 2.24) is 0 Å². The van der Waals surface area contributed by atoms with E-state index < -0.39 is 0 Å². The van der Waals surface area contributed by atoms with Gasteiger partial charge in [0.25, 0.3) is 0 Å². The molecule has 1 aliphatic rings. The standard InChI is InChI=1S/C11H10N2O2S/c12-5-7-1-2-10(14)9(3-7)13-6-8(16)4-11(13)15/h1-3,8,14,16H,4,6H2. The minimum absolute atomic E-state index is 0.00906. The molecular weight excluding hydrogens is 224 g/mol. The number of rotatable bonds is 1. The molecule has 4 nitrogen and oxygen atoms in total. The molecule has 0 radical (unpaired) electrons. The van der Waals surface area contributed by atoms with Crippen LogP contribution in [0.5, 0.6) is 5.75 Å². The van der Waals surface area contributed by atoms with Crippen molar-refractivity contribution in [3.05, 3.63) is 23.8 Å². The smallest absolute Gasteiger partial charge is 0.228 e. The molecule has 1 aliphatic heterocycles. The molecule has 1 saturated heterocycles. The van der Waals surface area contributed by atoms with Gasteiger partial charge in [0, 0.05) is 18.2 Å². The van der Waals surface area contributed by atoms with Crippen LogP contribution in [0.25, 0.3) is 0 Å². The number of phenols is 1. The average Bonchev–Trinajstić information content (AvgIpc) is 2.58. The van der Waals surface area contributed by atoms with Crippen molar-refractivity contribution in [2.45, 2.75) is 11.7 Å². The molecule has 1 N–H and O–H groups in total. The topological polar surface area (TPSA) is 64.3 Å². The number of hydrogen-bond acceptors (Lipinski definition) is 4. The van der Waals surface area contributed by atoms with E-state index in [0.717, 1.165) is 0 Å². The molecule has 1 unspecified atom stereocenters. The van der Waals surface area contributed by atoms with Gasteiger partial charge in [-0.3, -0.25) is 4.79 Å². The molecule has 1 aromatic rings. The number of benzene rings is 1. The maximum Gasteiger partial charge on any atom is 0.228 e. The molecule has 0 aliphatic carbocycles. The van der Waals surface area contributed by atoms with Crippen molar-refractivity contribution in [3.8, 4) is 11.8 Å². The first-order valence-electron chi connectivity index (χ1n) is 4.83. The van der Waals surface area contributed by atoms with Crippen LogP contribution in [-0.2, 0) is 4.79 Å². The van der Waals surface area contributed by atoms with E-state index in [0.29, 0.717) is 24.2 Å². The van der Waals surface area contributed by atoms with Crippen molar-refractivity contribution < 1.29 is 9.90 Å². The maximum atomic E-state index is 11.6. The van der Waals surface area contributed by atoms with Crippen LogP contribution >= 0.6 is 12.6 Å². The van der Waals surface area contributed by atoms with E-state index >= 15 is 0 Å². The van der Waals surface area contributed by atoms with Gasteiger partial charge in [0.15, 0.2) is 0 Å². The monoisotopic (exact) mass is 234 g/mol. The Bertz CT molecular complexity index is 481. The Morgan fingerprint density at radius 2 is 2.31 bits per heavy atom. The van der Waals surface area contributed by atoms with Crippen LogP contribution in [0.2, 0.25) is 0 Å². The fraction of sp³-hybridized carbons (Fsp3) is 0.273. The second kappa shape index (κ2) is 4.06. The highest BCUT2D eigenvalue weighted by atomic mass is 32.1. The van der Waals surface area contributed by atoms with E-state index in [9.17, 15) is 9.90 Å². The molecule has 0 aromatic heterocycles. The summed E-state index contributed by atoms with van der Waals surface area (Å²) < 4.78 is 0. The van der Waals surface area contributed by atoms with Crippen LogP contribution in [0, 0.1) is 11.3 Å². The molecule has 1 atom stereocenters. The van der Waals surface area contributed by atoms with Crippen LogP contribution in [0.15, 0.2) is 18.2 Å². The van der Waals surface area contributed by atoms with Crippen molar-refractivity contribution >= 4 is 24.2 Å². The van der Waals surface area contributed by atoms with Crippen molar-refractivity contribution in [1.29, 1.82) is 5.26 Å². The number of hydrogen-bond donors (Lipinski definition) is 2. The van der Waals surface area contributed by atoms with Gasteiger partial charge in [-0.2, -0.15) is 17.9 Å². The molecule has 5 heteroatoms. The highest BCUT2D eigenvalue weighted by Crippen LogP contribution is 2.32. The summed E-state index contributed by atoms with van der Waals surface area (Å²) in [7, 11) is 0. The predicted molar refractivity (Wildman–Crippen MR) is 62.6 cm³/mol. The molecule has 0 spiro atoms. The minimum Gasteiger partial charge on any atom is -0.506 e. The van der Waals surface area contributed by atoms with E-state index in [-0.39, 0.29) is 16.9 Å². The van der Waals surface area contributed by atoms with Crippen LogP contribution in [0.1, 0.15) is 12.0 Å². The summed E-state index contributed by atoms with van der Waals surface area (Å²) in [6.07, 6.45) is 0.360. The second-order valence-corrected chi connectivity index (χ2v) is 4.41. The first kappa shape index (κ1) is 10.8. The van der Waals surface area contributed by atoms with E-state index in [1.165, 1.54) is 23.1 Å². The molecular formula is C11H10N2O2S. The number of aromatic hydroxyl groups is 1. The van der Waals surface area contributed by atoms with Gasteiger partial charge < -0.3 is 10.0 Å². The molecule has 82 valence electrons. The van der Waals surface area contributed by atoms with Gasteiger partial charge in [0.1, 0.15) is 5.75 Å². The number of amides is 1. The summed E-state index contributed by atoms with van der Waals surface area (Å²) in [6, 6.07) is 6.42. The number of carbonyl (C=O) groups excluding carboxylic acids is 1. The Kier molecular flexibility index (Phi) is 2.75. The third-order valence-electron chi connectivity index (χ3n) is 2.50. The highest BCUT2D eigenvalue weighted by Gasteiger charge is 2.29. The Morgan fingerprint density at radius 1 is 1.56 bits per heavy atom. The van der Waals surface area contributed by atoms with Crippen molar-refractivity contribution in [2.75, 3.05) is 11.4 Å². The van der Waals surface area contributed by atoms with Crippen LogP contribution < -0.4 is 4.90 Å². The first-order valence-corrected chi connectivity index (χ1v) is 5.35. The SMILES string of the molecule is N#Cc1ccc(O)c(N2CC(S)CC2=O)c1. The quantitative estimate of drug-likeness (QED) is 0.720. The molecule has 0 saturated carbocycles. The van der Waals surface area contributed by atoms with E-state index in [1.807, 2.05) is 6.07 Å². The van der Waals surface area contributed by atoms with Gasteiger partial charge in [0.2, 0.25) is 5.91 Å². The zero-order valence-corrected chi connectivity index (χ0v) is 9.32. The number of phenolic OH excluding ortho intramolecular Hbond substituents is 1. The molecule has 1 fully saturated rings. The summed E-state index contributed by atoms with van der Waals surface area (Å²) in [6.45, 7) is 0.463. The Labute approximate surface area is 98.5 Å². The van der Waals surface area contributed by atoms with Crippen LogP contribution in [0.3, 0.4) is 0 Å². The van der Waals surface area contributed by atoms with Gasteiger partial charge in [-0.15, -0.1) is 0 Å². The molecule has 1 aromatic carbocycles. The lowest BCUT2D eigenvalue weighted by atomic mass is 10.2. The number of thiol groups is 1.